The van der Waals surface area contributed by atoms with Crippen LogP contribution >= 0.6 is 7.37 Å². The highest BCUT2D eigenvalue weighted by atomic mass is 31.2. The van der Waals surface area contributed by atoms with Gasteiger partial charge in [0.25, 0.3) is 7.37 Å². The van der Waals surface area contributed by atoms with Crippen LogP contribution < -0.4 is 4.52 Å². The van der Waals surface area contributed by atoms with Gasteiger partial charge in [-0.2, -0.15) is 5.26 Å². The molecule has 0 fully saturated rings. The number of ether oxygens (including phenoxy) is 1. The van der Waals surface area contributed by atoms with Crippen LogP contribution in [0.2, 0.25) is 0 Å². The maximum absolute atomic E-state index is 11.9. The lowest BCUT2D eigenvalue weighted by Gasteiger charge is -2.15. The molecule has 0 radical (unpaired) electrons. The molecular weight excluding hydrogens is 237 g/mol. The normalized spacial score (nSPS) is 13.8. The molecule has 1 aromatic rings. The minimum atomic E-state index is -2.78. The van der Waals surface area contributed by atoms with Gasteiger partial charge < -0.3 is 9.26 Å². The van der Waals surface area contributed by atoms with Gasteiger partial charge in [0, 0.05) is 13.8 Å². The first-order valence-electron chi connectivity index (χ1n) is 5.16. The second kappa shape index (κ2) is 5.35. The zero-order valence-electron chi connectivity index (χ0n) is 10.5. The van der Waals surface area contributed by atoms with Crippen LogP contribution in [0.4, 0.5) is 0 Å². The highest BCUT2D eigenvalue weighted by Gasteiger charge is 2.18. The van der Waals surface area contributed by atoms with E-state index in [4.69, 9.17) is 14.5 Å². The Hall–Kier alpha value is -1.30. The lowest BCUT2D eigenvalue weighted by molar-refractivity contribution is 0.240. The highest BCUT2D eigenvalue weighted by molar-refractivity contribution is 7.58. The highest BCUT2D eigenvalue weighted by Crippen LogP contribution is 2.43. The van der Waals surface area contributed by atoms with E-state index >= 15 is 0 Å². The number of nitrogens with zero attached hydrogens (tertiary/aromatic N) is 1. The van der Waals surface area contributed by atoms with Crippen LogP contribution in [-0.2, 0) is 9.30 Å². The fourth-order valence-corrected chi connectivity index (χ4v) is 2.71. The fraction of sp³-hybridized carbons (Fsp3) is 0.417. The van der Waals surface area contributed by atoms with Crippen molar-refractivity contribution in [2.75, 3.05) is 20.1 Å². The molecule has 1 atom stereocenters. The van der Waals surface area contributed by atoms with Gasteiger partial charge in [0.15, 0.2) is 0 Å². The van der Waals surface area contributed by atoms with Crippen molar-refractivity contribution in [3.8, 4) is 11.8 Å². The average molecular weight is 253 g/mol. The third-order valence-electron chi connectivity index (χ3n) is 2.28. The van der Waals surface area contributed by atoms with Gasteiger partial charge >= 0.3 is 0 Å². The van der Waals surface area contributed by atoms with Crippen LogP contribution in [0.1, 0.15) is 16.7 Å². The zero-order chi connectivity index (χ0) is 13.1. The molecule has 0 saturated carbocycles. The van der Waals surface area contributed by atoms with E-state index < -0.39 is 7.37 Å². The molecule has 0 bridgehead atoms. The SMILES string of the molecule is COCP(C)(=O)Oc1cc(C)c(C#N)c(C)c1. The maximum Gasteiger partial charge on any atom is 0.269 e. The lowest BCUT2D eigenvalue weighted by Crippen LogP contribution is -1.99. The first kappa shape index (κ1) is 13.8. The summed E-state index contributed by atoms with van der Waals surface area (Å²) in [5.74, 6) is 0.516. The van der Waals surface area contributed by atoms with Crippen molar-refractivity contribution in [2.45, 2.75) is 13.8 Å². The maximum atomic E-state index is 11.9. The molecule has 0 aliphatic rings. The third-order valence-corrected chi connectivity index (χ3v) is 3.60. The molecule has 5 heteroatoms. The molecule has 92 valence electrons. The fourth-order valence-electron chi connectivity index (χ4n) is 1.64. The summed E-state index contributed by atoms with van der Waals surface area (Å²) in [7, 11) is -1.30. The topological polar surface area (TPSA) is 59.3 Å². The Morgan fingerprint density at radius 2 is 1.88 bits per heavy atom. The number of hydrogen-bond donors (Lipinski definition) is 0. The van der Waals surface area contributed by atoms with Gasteiger partial charge in [-0.15, -0.1) is 0 Å². The van der Waals surface area contributed by atoms with Crippen LogP contribution in [0.15, 0.2) is 12.1 Å². The van der Waals surface area contributed by atoms with Crippen molar-refractivity contribution in [3.63, 3.8) is 0 Å². The minimum Gasteiger partial charge on any atom is -0.441 e. The van der Waals surface area contributed by atoms with Gasteiger partial charge in [-0.3, -0.25) is 4.57 Å². The van der Waals surface area contributed by atoms with E-state index in [-0.39, 0.29) is 6.35 Å². The Bertz CT molecular complexity index is 482. The van der Waals surface area contributed by atoms with E-state index in [1.165, 1.54) is 13.8 Å². The van der Waals surface area contributed by atoms with Crippen LogP contribution in [-0.4, -0.2) is 20.1 Å². The minimum absolute atomic E-state index is 0.0745. The smallest absolute Gasteiger partial charge is 0.269 e. The molecule has 0 amide bonds. The second-order valence-corrected chi connectivity index (χ2v) is 6.54. The first-order chi connectivity index (χ1) is 7.89. The number of hydrogen-bond acceptors (Lipinski definition) is 4. The molecule has 0 aliphatic heterocycles. The van der Waals surface area contributed by atoms with Crippen LogP contribution in [0, 0.1) is 25.2 Å². The van der Waals surface area contributed by atoms with Gasteiger partial charge in [0.2, 0.25) is 0 Å². The Labute approximate surface area is 102 Å². The summed E-state index contributed by atoms with van der Waals surface area (Å²) in [4.78, 5) is 0. The van der Waals surface area contributed by atoms with E-state index in [0.29, 0.717) is 11.3 Å². The van der Waals surface area contributed by atoms with Crippen LogP contribution in [0.5, 0.6) is 5.75 Å². The summed E-state index contributed by atoms with van der Waals surface area (Å²) >= 11 is 0. The predicted molar refractivity (Wildman–Crippen MR) is 66.7 cm³/mol. The molecule has 1 unspecified atom stereocenters. The Morgan fingerprint density at radius 1 is 1.35 bits per heavy atom. The monoisotopic (exact) mass is 253 g/mol. The van der Waals surface area contributed by atoms with E-state index in [1.54, 1.807) is 12.1 Å². The number of rotatable bonds is 4. The Balaban J connectivity index is 3.03. The number of nitriles is 1. The van der Waals surface area contributed by atoms with E-state index in [1.807, 2.05) is 13.8 Å². The molecule has 1 aromatic carbocycles. The average Bonchev–Trinajstić information content (AvgIpc) is 2.15. The van der Waals surface area contributed by atoms with E-state index in [2.05, 4.69) is 6.07 Å². The molecule has 0 aliphatic carbocycles. The van der Waals surface area contributed by atoms with E-state index in [9.17, 15) is 4.57 Å². The third kappa shape index (κ3) is 3.59. The second-order valence-electron chi connectivity index (χ2n) is 4.07. The van der Waals surface area contributed by atoms with Crippen LogP contribution in [0.3, 0.4) is 0 Å². The molecule has 0 N–H and O–H groups in total. The van der Waals surface area contributed by atoms with Crippen molar-refractivity contribution < 1.29 is 13.8 Å². The molecule has 4 nitrogen and oxygen atoms in total. The standard InChI is InChI=1S/C12H16NO3P/c1-9-5-11(6-10(2)12(9)7-13)16-17(4,14)8-15-3/h5-6H,8H2,1-4H3. The van der Waals surface area contributed by atoms with Gasteiger partial charge in [-0.25, -0.2) is 0 Å². The number of methoxy groups -OCH3 is 1. The van der Waals surface area contributed by atoms with Crippen molar-refractivity contribution >= 4 is 7.37 Å². The van der Waals surface area contributed by atoms with Gasteiger partial charge in [-0.1, -0.05) is 0 Å². The summed E-state index contributed by atoms with van der Waals surface area (Å²) < 4.78 is 22.2. The van der Waals surface area contributed by atoms with Gasteiger partial charge in [-0.05, 0) is 37.1 Å². The summed E-state index contributed by atoms with van der Waals surface area (Å²) in [5, 5.41) is 8.94. The summed E-state index contributed by atoms with van der Waals surface area (Å²) in [6, 6.07) is 5.57. The summed E-state index contributed by atoms with van der Waals surface area (Å²) in [5.41, 5.74) is 2.27. The molecule has 0 spiro atoms. The van der Waals surface area contributed by atoms with Crippen molar-refractivity contribution in [2.24, 2.45) is 0 Å². The molecule has 1 rings (SSSR count). The van der Waals surface area contributed by atoms with Crippen molar-refractivity contribution in [3.05, 3.63) is 28.8 Å². The van der Waals surface area contributed by atoms with Crippen LogP contribution in [0.25, 0.3) is 0 Å². The van der Waals surface area contributed by atoms with Gasteiger partial charge in [0.1, 0.15) is 12.1 Å². The van der Waals surface area contributed by atoms with Crippen molar-refractivity contribution in [1.82, 2.24) is 0 Å². The molecule has 0 aromatic heterocycles. The molecule has 0 saturated heterocycles. The van der Waals surface area contributed by atoms with Crippen molar-refractivity contribution in [1.29, 1.82) is 5.26 Å². The largest absolute Gasteiger partial charge is 0.441 e. The lowest BCUT2D eigenvalue weighted by atomic mass is 10.0. The zero-order valence-corrected chi connectivity index (χ0v) is 11.4. The predicted octanol–water partition coefficient (Wildman–Crippen LogP) is 3.07. The first-order valence-corrected chi connectivity index (χ1v) is 7.42. The molecule has 17 heavy (non-hydrogen) atoms. The van der Waals surface area contributed by atoms with E-state index in [0.717, 1.165) is 11.1 Å². The molecule has 0 heterocycles. The number of benzene rings is 1. The summed E-state index contributed by atoms with van der Waals surface area (Å²) in [6.45, 7) is 5.18. The number of aryl methyl sites for hydroxylation is 2. The Morgan fingerprint density at radius 3 is 2.29 bits per heavy atom. The quantitative estimate of drug-likeness (QED) is 0.774. The summed E-state index contributed by atoms with van der Waals surface area (Å²) in [6.07, 6.45) is 0.0745. The molecular formula is C12H16NO3P. The van der Waals surface area contributed by atoms with Gasteiger partial charge in [0.05, 0.1) is 11.6 Å². The Kier molecular flexibility index (Phi) is 4.34.